The number of nitrogens with zero attached hydrogens (tertiary/aromatic N) is 4. The molecule has 2 heterocycles. The number of likely N-dealkylation sites (tertiary alicyclic amines) is 1. The summed E-state index contributed by atoms with van der Waals surface area (Å²) in [6, 6.07) is 2.33. The van der Waals surface area contributed by atoms with Crippen molar-refractivity contribution in [1.29, 1.82) is 5.26 Å². The molecule has 6 nitrogen and oxygen atoms in total. The molecule has 0 radical (unpaired) electrons. The second-order valence-electron chi connectivity index (χ2n) is 6.52. The van der Waals surface area contributed by atoms with Crippen LogP contribution >= 0.6 is 0 Å². The van der Waals surface area contributed by atoms with E-state index in [1.807, 2.05) is 4.90 Å². The van der Waals surface area contributed by atoms with E-state index in [1.165, 1.54) is 0 Å². The molecule has 1 saturated heterocycles. The third-order valence-electron chi connectivity index (χ3n) is 4.95. The van der Waals surface area contributed by atoms with Crippen molar-refractivity contribution < 1.29 is 9.32 Å². The molecule has 2 aliphatic rings. The minimum absolute atomic E-state index is 0.0135. The molecule has 0 bridgehead atoms. The quantitative estimate of drug-likeness (QED) is 0.838. The number of amides is 1. The molecule has 3 rings (SSSR count). The first kappa shape index (κ1) is 15.0. The number of aromatic nitrogens is 2. The van der Waals surface area contributed by atoms with Crippen LogP contribution in [0.25, 0.3) is 0 Å². The van der Waals surface area contributed by atoms with Crippen LogP contribution < -0.4 is 0 Å². The minimum Gasteiger partial charge on any atom is -0.341 e. The highest BCUT2D eigenvalue weighted by Crippen LogP contribution is 2.38. The lowest BCUT2D eigenvalue weighted by Gasteiger charge is -2.38. The van der Waals surface area contributed by atoms with Gasteiger partial charge in [0.1, 0.15) is 5.41 Å². The maximum Gasteiger partial charge on any atom is 0.243 e. The van der Waals surface area contributed by atoms with Crippen molar-refractivity contribution in [2.75, 3.05) is 13.1 Å². The van der Waals surface area contributed by atoms with Gasteiger partial charge in [0.15, 0.2) is 5.82 Å². The molecule has 1 aromatic rings. The molecule has 1 aliphatic heterocycles. The van der Waals surface area contributed by atoms with Crippen molar-refractivity contribution in [3.05, 3.63) is 11.7 Å². The fourth-order valence-corrected chi connectivity index (χ4v) is 3.68. The Balaban J connectivity index is 1.74. The maximum absolute atomic E-state index is 12.9. The van der Waals surface area contributed by atoms with Crippen LogP contribution in [0, 0.1) is 23.7 Å². The Kier molecular flexibility index (Phi) is 4.14. The van der Waals surface area contributed by atoms with Crippen molar-refractivity contribution in [3.63, 3.8) is 0 Å². The van der Waals surface area contributed by atoms with Gasteiger partial charge < -0.3 is 9.42 Å². The molecule has 6 heteroatoms. The standard InChI is InChI=1S/C16H22N4O2/c1-12-18-14(19-22-12)13-6-5-9-20(10-13)15(21)16(11-17)7-3-2-4-8-16/h13H,2-10H2,1H3/t13-/m1/s1. The predicted octanol–water partition coefficient (Wildman–Crippen LogP) is 2.56. The fraction of sp³-hybridized carbons (Fsp3) is 0.750. The molecule has 1 amide bonds. The van der Waals surface area contributed by atoms with Crippen LogP contribution in [0.3, 0.4) is 0 Å². The molecule has 1 aliphatic carbocycles. The molecule has 0 spiro atoms. The van der Waals surface area contributed by atoms with E-state index in [1.54, 1.807) is 6.92 Å². The highest BCUT2D eigenvalue weighted by molar-refractivity contribution is 5.85. The molecule has 0 unspecified atom stereocenters. The van der Waals surface area contributed by atoms with Crippen LogP contribution in [0.2, 0.25) is 0 Å². The molecule has 1 saturated carbocycles. The summed E-state index contributed by atoms with van der Waals surface area (Å²) >= 11 is 0. The van der Waals surface area contributed by atoms with Crippen LogP contribution in [-0.4, -0.2) is 34.0 Å². The highest BCUT2D eigenvalue weighted by Gasteiger charge is 2.43. The van der Waals surface area contributed by atoms with Crippen LogP contribution in [-0.2, 0) is 4.79 Å². The van der Waals surface area contributed by atoms with E-state index in [-0.39, 0.29) is 11.8 Å². The van der Waals surface area contributed by atoms with E-state index in [0.717, 1.165) is 38.6 Å². The molecular weight excluding hydrogens is 280 g/mol. The molecule has 1 aromatic heterocycles. The van der Waals surface area contributed by atoms with Gasteiger partial charge in [0, 0.05) is 25.9 Å². The van der Waals surface area contributed by atoms with Crippen molar-refractivity contribution >= 4 is 5.91 Å². The zero-order chi connectivity index (χ0) is 15.6. The maximum atomic E-state index is 12.9. The smallest absolute Gasteiger partial charge is 0.243 e. The Morgan fingerprint density at radius 3 is 2.77 bits per heavy atom. The molecule has 118 valence electrons. The van der Waals surface area contributed by atoms with E-state index in [2.05, 4.69) is 16.2 Å². The summed E-state index contributed by atoms with van der Waals surface area (Å²) in [5.41, 5.74) is -0.798. The summed E-state index contributed by atoms with van der Waals surface area (Å²) in [6.07, 6.45) is 6.35. The van der Waals surface area contributed by atoms with Crippen LogP contribution in [0.1, 0.15) is 62.6 Å². The number of carbonyl (C=O) groups excluding carboxylic acids is 1. The van der Waals surface area contributed by atoms with Gasteiger partial charge in [-0.1, -0.05) is 24.4 Å². The summed E-state index contributed by atoms with van der Waals surface area (Å²) in [6.45, 7) is 3.10. The molecule has 0 aromatic carbocycles. The Bertz CT molecular complexity index is 583. The molecule has 0 N–H and O–H groups in total. The topological polar surface area (TPSA) is 83.0 Å². The van der Waals surface area contributed by atoms with Crippen LogP contribution in [0.15, 0.2) is 4.52 Å². The second kappa shape index (κ2) is 6.07. The first-order valence-corrected chi connectivity index (χ1v) is 8.15. The van der Waals surface area contributed by atoms with Crippen molar-refractivity contribution in [2.24, 2.45) is 5.41 Å². The SMILES string of the molecule is Cc1nc([C@@H]2CCCN(C(=O)C3(C#N)CCCCC3)C2)no1. The molecule has 22 heavy (non-hydrogen) atoms. The third kappa shape index (κ3) is 2.72. The normalized spacial score (nSPS) is 24.7. The third-order valence-corrected chi connectivity index (χ3v) is 4.95. The van der Waals surface area contributed by atoms with E-state index in [9.17, 15) is 10.1 Å². The highest BCUT2D eigenvalue weighted by atomic mass is 16.5. The number of piperidine rings is 1. The predicted molar refractivity (Wildman–Crippen MR) is 78.7 cm³/mol. The average molecular weight is 302 g/mol. The lowest BCUT2D eigenvalue weighted by atomic mass is 9.74. The van der Waals surface area contributed by atoms with Gasteiger partial charge in [-0.2, -0.15) is 10.2 Å². The zero-order valence-electron chi connectivity index (χ0n) is 13.0. The van der Waals surface area contributed by atoms with Crippen molar-refractivity contribution in [3.8, 4) is 6.07 Å². The van der Waals surface area contributed by atoms with Gasteiger partial charge in [-0.25, -0.2) is 0 Å². The Morgan fingerprint density at radius 1 is 1.36 bits per heavy atom. The lowest BCUT2D eigenvalue weighted by Crippen LogP contribution is -2.48. The number of nitriles is 1. The summed E-state index contributed by atoms with van der Waals surface area (Å²) in [5.74, 6) is 1.37. The first-order chi connectivity index (χ1) is 10.6. The largest absolute Gasteiger partial charge is 0.341 e. The number of hydrogen-bond acceptors (Lipinski definition) is 5. The van der Waals surface area contributed by atoms with Gasteiger partial charge in [0.2, 0.25) is 11.8 Å². The summed E-state index contributed by atoms with van der Waals surface area (Å²) in [7, 11) is 0. The minimum atomic E-state index is -0.798. The number of carbonyl (C=O) groups is 1. The number of hydrogen-bond donors (Lipinski definition) is 0. The van der Waals surface area contributed by atoms with Gasteiger partial charge >= 0.3 is 0 Å². The van der Waals surface area contributed by atoms with E-state index >= 15 is 0 Å². The number of aryl methyl sites for hydroxylation is 1. The van der Waals surface area contributed by atoms with E-state index in [4.69, 9.17) is 4.52 Å². The summed E-state index contributed by atoms with van der Waals surface area (Å²) < 4.78 is 5.05. The summed E-state index contributed by atoms with van der Waals surface area (Å²) in [4.78, 5) is 19.1. The van der Waals surface area contributed by atoms with Crippen molar-refractivity contribution in [1.82, 2.24) is 15.0 Å². The Labute approximate surface area is 130 Å². The average Bonchev–Trinajstić information content (AvgIpc) is 3.01. The van der Waals surface area contributed by atoms with Gasteiger partial charge in [0.05, 0.1) is 6.07 Å². The van der Waals surface area contributed by atoms with E-state index in [0.29, 0.717) is 31.1 Å². The van der Waals surface area contributed by atoms with Gasteiger partial charge in [0.25, 0.3) is 0 Å². The Hall–Kier alpha value is -1.90. The van der Waals surface area contributed by atoms with Gasteiger partial charge in [-0.05, 0) is 25.7 Å². The molecule has 2 fully saturated rings. The number of rotatable bonds is 2. The zero-order valence-corrected chi connectivity index (χ0v) is 13.0. The van der Waals surface area contributed by atoms with Gasteiger partial charge in [-0.3, -0.25) is 4.79 Å². The van der Waals surface area contributed by atoms with Crippen molar-refractivity contribution in [2.45, 2.75) is 57.8 Å². The fourth-order valence-electron chi connectivity index (χ4n) is 3.68. The van der Waals surface area contributed by atoms with E-state index < -0.39 is 5.41 Å². The van der Waals surface area contributed by atoms with Crippen LogP contribution in [0.4, 0.5) is 0 Å². The molecule has 1 atom stereocenters. The Morgan fingerprint density at radius 2 is 2.14 bits per heavy atom. The summed E-state index contributed by atoms with van der Waals surface area (Å²) in [5, 5.41) is 13.6. The monoisotopic (exact) mass is 302 g/mol. The first-order valence-electron chi connectivity index (χ1n) is 8.15. The second-order valence-corrected chi connectivity index (χ2v) is 6.52. The van der Waals surface area contributed by atoms with Crippen LogP contribution in [0.5, 0.6) is 0 Å². The molecular formula is C16H22N4O2. The lowest BCUT2D eigenvalue weighted by molar-refractivity contribution is -0.141. The van der Waals surface area contributed by atoms with Gasteiger partial charge in [-0.15, -0.1) is 0 Å².